The SMILES string of the molecule is CSc1ncc(C(=O)Nc2c(F)cccc2F)c(C)n1. The zero-order chi connectivity index (χ0) is 14.7. The summed E-state index contributed by atoms with van der Waals surface area (Å²) in [7, 11) is 0. The molecule has 0 fully saturated rings. The number of aryl methyl sites for hydroxylation is 1. The number of hydrogen-bond donors (Lipinski definition) is 1. The molecule has 2 aromatic rings. The summed E-state index contributed by atoms with van der Waals surface area (Å²) in [6.45, 7) is 1.63. The Bertz CT molecular complexity index is 644. The summed E-state index contributed by atoms with van der Waals surface area (Å²) in [5, 5.41) is 2.72. The van der Waals surface area contributed by atoms with Crippen molar-refractivity contribution in [1.29, 1.82) is 0 Å². The van der Waals surface area contributed by atoms with Crippen LogP contribution in [0, 0.1) is 18.6 Å². The van der Waals surface area contributed by atoms with Crippen molar-refractivity contribution in [2.24, 2.45) is 0 Å². The maximum absolute atomic E-state index is 13.5. The number of amides is 1. The molecule has 0 saturated carbocycles. The molecule has 0 aliphatic heterocycles. The van der Waals surface area contributed by atoms with Crippen molar-refractivity contribution in [2.75, 3.05) is 11.6 Å². The molecule has 4 nitrogen and oxygen atoms in total. The Morgan fingerprint density at radius 1 is 1.30 bits per heavy atom. The van der Waals surface area contributed by atoms with E-state index in [-0.39, 0.29) is 5.56 Å². The molecule has 1 N–H and O–H groups in total. The highest BCUT2D eigenvalue weighted by atomic mass is 32.2. The molecular weight excluding hydrogens is 284 g/mol. The van der Waals surface area contributed by atoms with Gasteiger partial charge in [-0.25, -0.2) is 18.7 Å². The summed E-state index contributed by atoms with van der Waals surface area (Å²) < 4.78 is 26.9. The normalized spacial score (nSPS) is 10.4. The smallest absolute Gasteiger partial charge is 0.259 e. The largest absolute Gasteiger partial charge is 0.317 e. The zero-order valence-corrected chi connectivity index (χ0v) is 11.6. The first-order valence-corrected chi connectivity index (χ1v) is 6.88. The number of carbonyl (C=O) groups is 1. The lowest BCUT2D eigenvalue weighted by Gasteiger charge is -2.09. The standard InChI is InChI=1S/C13H11F2N3OS/c1-7-8(6-16-13(17-7)20-2)12(19)18-11-9(14)4-3-5-10(11)15/h3-6H,1-2H3,(H,18,19). The number of benzene rings is 1. The summed E-state index contributed by atoms with van der Waals surface area (Å²) in [4.78, 5) is 20.1. The van der Waals surface area contributed by atoms with Crippen molar-refractivity contribution >= 4 is 23.4 Å². The monoisotopic (exact) mass is 295 g/mol. The van der Waals surface area contributed by atoms with Gasteiger partial charge in [0.2, 0.25) is 0 Å². The van der Waals surface area contributed by atoms with Crippen LogP contribution in [-0.2, 0) is 0 Å². The number of halogens is 2. The van der Waals surface area contributed by atoms with E-state index in [1.54, 1.807) is 6.92 Å². The first-order valence-electron chi connectivity index (χ1n) is 5.66. The average molecular weight is 295 g/mol. The van der Waals surface area contributed by atoms with Gasteiger partial charge in [-0.2, -0.15) is 0 Å². The van der Waals surface area contributed by atoms with Gasteiger partial charge in [-0.1, -0.05) is 17.8 Å². The Balaban J connectivity index is 2.29. The molecule has 1 aromatic heterocycles. The lowest BCUT2D eigenvalue weighted by molar-refractivity contribution is 0.102. The quantitative estimate of drug-likeness (QED) is 0.698. The minimum absolute atomic E-state index is 0.172. The van der Waals surface area contributed by atoms with Gasteiger partial charge in [0, 0.05) is 6.20 Å². The van der Waals surface area contributed by atoms with Gasteiger partial charge >= 0.3 is 0 Å². The Hall–Kier alpha value is -2.02. The second-order valence-corrected chi connectivity index (χ2v) is 4.68. The minimum atomic E-state index is -0.836. The Morgan fingerprint density at radius 3 is 2.50 bits per heavy atom. The van der Waals surface area contributed by atoms with E-state index in [9.17, 15) is 13.6 Å². The molecule has 0 atom stereocenters. The molecule has 0 aliphatic carbocycles. The van der Waals surface area contributed by atoms with Gasteiger partial charge in [0.1, 0.15) is 17.3 Å². The van der Waals surface area contributed by atoms with E-state index in [0.717, 1.165) is 12.1 Å². The number of nitrogens with zero attached hydrogens (tertiary/aromatic N) is 2. The molecule has 20 heavy (non-hydrogen) atoms. The second-order valence-electron chi connectivity index (χ2n) is 3.91. The number of carbonyl (C=O) groups excluding carboxylic acids is 1. The fourth-order valence-electron chi connectivity index (χ4n) is 1.57. The van der Waals surface area contributed by atoms with E-state index in [1.165, 1.54) is 24.0 Å². The van der Waals surface area contributed by atoms with Gasteiger partial charge in [0.15, 0.2) is 5.16 Å². The van der Waals surface area contributed by atoms with Gasteiger partial charge in [-0.15, -0.1) is 0 Å². The van der Waals surface area contributed by atoms with Crippen LogP contribution in [0.5, 0.6) is 0 Å². The van der Waals surface area contributed by atoms with E-state index in [2.05, 4.69) is 15.3 Å². The third kappa shape index (κ3) is 2.93. The van der Waals surface area contributed by atoms with Crippen LogP contribution in [0.25, 0.3) is 0 Å². The van der Waals surface area contributed by atoms with E-state index < -0.39 is 23.2 Å². The summed E-state index contributed by atoms with van der Waals surface area (Å²) in [6, 6.07) is 3.36. The first kappa shape index (κ1) is 14.4. The van der Waals surface area contributed by atoms with Gasteiger partial charge in [-0.3, -0.25) is 4.79 Å². The first-order chi connectivity index (χ1) is 9.52. The summed E-state index contributed by atoms with van der Waals surface area (Å²) in [5.74, 6) is -2.32. The molecule has 0 aliphatic rings. The predicted molar refractivity (Wildman–Crippen MR) is 72.9 cm³/mol. The predicted octanol–water partition coefficient (Wildman–Crippen LogP) is 3.04. The van der Waals surface area contributed by atoms with Crippen molar-refractivity contribution in [3.8, 4) is 0 Å². The van der Waals surface area contributed by atoms with Crippen LogP contribution in [0.1, 0.15) is 16.1 Å². The van der Waals surface area contributed by atoms with Crippen molar-refractivity contribution in [1.82, 2.24) is 9.97 Å². The van der Waals surface area contributed by atoms with Crippen LogP contribution >= 0.6 is 11.8 Å². The molecule has 1 aromatic carbocycles. The fourth-order valence-corrected chi connectivity index (χ4v) is 1.95. The molecule has 1 heterocycles. The number of para-hydroxylation sites is 1. The lowest BCUT2D eigenvalue weighted by Crippen LogP contribution is -2.16. The van der Waals surface area contributed by atoms with Crippen LogP contribution in [-0.4, -0.2) is 22.1 Å². The third-order valence-corrected chi connectivity index (χ3v) is 3.15. The highest BCUT2D eigenvalue weighted by Crippen LogP contribution is 2.19. The van der Waals surface area contributed by atoms with Crippen molar-refractivity contribution in [3.05, 3.63) is 47.3 Å². The lowest BCUT2D eigenvalue weighted by atomic mass is 10.2. The number of nitrogens with one attached hydrogen (secondary N) is 1. The number of aromatic nitrogens is 2. The van der Waals surface area contributed by atoms with Crippen molar-refractivity contribution in [3.63, 3.8) is 0 Å². The number of anilines is 1. The third-order valence-electron chi connectivity index (χ3n) is 2.59. The molecule has 7 heteroatoms. The summed E-state index contributed by atoms with van der Waals surface area (Å²) >= 11 is 1.34. The number of rotatable bonds is 3. The average Bonchev–Trinajstić information content (AvgIpc) is 2.42. The highest BCUT2D eigenvalue weighted by Gasteiger charge is 2.16. The molecule has 1 amide bonds. The summed E-state index contributed by atoms with van der Waals surface area (Å²) in [6.07, 6.45) is 3.14. The molecule has 104 valence electrons. The van der Waals surface area contributed by atoms with Crippen LogP contribution < -0.4 is 5.32 Å². The van der Waals surface area contributed by atoms with Gasteiger partial charge < -0.3 is 5.32 Å². The summed E-state index contributed by atoms with van der Waals surface area (Å²) in [5.41, 5.74) is 0.134. The maximum Gasteiger partial charge on any atom is 0.259 e. The molecule has 0 radical (unpaired) electrons. The van der Waals surface area contributed by atoms with Gasteiger partial charge in [-0.05, 0) is 25.3 Å². The van der Waals surface area contributed by atoms with E-state index in [4.69, 9.17) is 0 Å². The molecule has 0 unspecified atom stereocenters. The number of hydrogen-bond acceptors (Lipinski definition) is 4. The van der Waals surface area contributed by atoms with Gasteiger partial charge in [0.25, 0.3) is 5.91 Å². The maximum atomic E-state index is 13.5. The molecule has 0 bridgehead atoms. The Morgan fingerprint density at radius 2 is 1.95 bits per heavy atom. The molecular formula is C13H11F2N3OS. The molecule has 0 spiro atoms. The topological polar surface area (TPSA) is 54.9 Å². The van der Waals surface area contributed by atoms with Crippen molar-refractivity contribution in [2.45, 2.75) is 12.1 Å². The molecule has 2 rings (SSSR count). The Kier molecular flexibility index (Phi) is 4.29. The van der Waals surface area contributed by atoms with Crippen LogP contribution in [0.15, 0.2) is 29.6 Å². The van der Waals surface area contributed by atoms with Crippen LogP contribution in [0.2, 0.25) is 0 Å². The Labute approximate surface area is 118 Å². The zero-order valence-electron chi connectivity index (χ0n) is 10.8. The van der Waals surface area contributed by atoms with Crippen molar-refractivity contribution < 1.29 is 13.6 Å². The fraction of sp³-hybridized carbons (Fsp3) is 0.154. The van der Waals surface area contributed by atoms with Crippen LogP contribution in [0.3, 0.4) is 0 Å². The number of thioether (sulfide) groups is 1. The van der Waals surface area contributed by atoms with Gasteiger partial charge in [0.05, 0.1) is 11.3 Å². The minimum Gasteiger partial charge on any atom is -0.317 e. The highest BCUT2D eigenvalue weighted by molar-refractivity contribution is 7.98. The van der Waals surface area contributed by atoms with E-state index in [0.29, 0.717) is 10.9 Å². The second kappa shape index (κ2) is 5.96. The van der Waals surface area contributed by atoms with E-state index >= 15 is 0 Å². The van der Waals surface area contributed by atoms with Crippen LogP contribution in [0.4, 0.5) is 14.5 Å². The molecule has 0 saturated heterocycles. The van der Waals surface area contributed by atoms with E-state index in [1.807, 2.05) is 6.26 Å².